The summed E-state index contributed by atoms with van der Waals surface area (Å²) < 4.78 is 12.5. The monoisotopic (exact) mass is 427 g/mol. The zero-order chi connectivity index (χ0) is 22.3. The molecule has 4 rings (SSSR count). The van der Waals surface area contributed by atoms with Gasteiger partial charge in [-0.2, -0.15) is 0 Å². The van der Waals surface area contributed by atoms with E-state index in [1.165, 1.54) is 35.2 Å². The van der Waals surface area contributed by atoms with E-state index < -0.39 is 6.29 Å². The van der Waals surface area contributed by atoms with Gasteiger partial charge in [-0.3, -0.25) is 4.79 Å². The Balaban J connectivity index is 1.56. The van der Waals surface area contributed by atoms with E-state index in [4.69, 9.17) is 9.47 Å². The lowest BCUT2D eigenvalue weighted by molar-refractivity contribution is -0.197. The number of cyclic esters (lactones) is 1. The Bertz CT molecular complexity index is 781. The van der Waals surface area contributed by atoms with Crippen LogP contribution < -0.4 is 4.90 Å². The number of hydrogen-bond donors (Lipinski definition) is 0. The Hall–Kier alpha value is -1.55. The van der Waals surface area contributed by atoms with Gasteiger partial charge in [-0.25, -0.2) is 0 Å². The van der Waals surface area contributed by atoms with Gasteiger partial charge in [0.05, 0.1) is 18.4 Å². The van der Waals surface area contributed by atoms with Crippen molar-refractivity contribution in [2.75, 3.05) is 11.4 Å². The first-order valence-corrected chi connectivity index (χ1v) is 12.4. The van der Waals surface area contributed by atoms with Crippen molar-refractivity contribution in [1.82, 2.24) is 0 Å². The second-order valence-electron chi connectivity index (χ2n) is 10.9. The molecule has 0 unspecified atom stereocenters. The molecule has 3 aliphatic rings. The second-order valence-corrected chi connectivity index (χ2v) is 10.9. The number of esters is 1. The normalized spacial score (nSPS) is 33.9. The Morgan fingerprint density at radius 1 is 1.10 bits per heavy atom. The lowest BCUT2D eigenvalue weighted by Crippen LogP contribution is -2.44. The summed E-state index contributed by atoms with van der Waals surface area (Å²) in [6, 6.07) is 4.85. The quantitative estimate of drug-likeness (QED) is 0.545. The molecule has 0 amide bonds. The largest absolute Gasteiger partial charge is 0.435 e. The van der Waals surface area contributed by atoms with E-state index in [2.05, 4.69) is 58.6 Å². The minimum atomic E-state index is -0.402. The van der Waals surface area contributed by atoms with Gasteiger partial charge < -0.3 is 14.4 Å². The fraction of sp³-hybridized carbons (Fsp3) is 0.741. The second kappa shape index (κ2) is 9.13. The van der Waals surface area contributed by atoms with Crippen molar-refractivity contribution < 1.29 is 14.3 Å². The predicted molar refractivity (Wildman–Crippen MR) is 125 cm³/mol. The summed E-state index contributed by atoms with van der Waals surface area (Å²) in [4.78, 5) is 15.0. The van der Waals surface area contributed by atoms with Crippen LogP contribution in [0.4, 0.5) is 5.69 Å². The van der Waals surface area contributed by atoms with Gasteiger partial charge in [-0.1, -0.05) is 44.9 Å². The van der Waals surface area contributed by atoms with Crippen molar-refractivity contribution in [3.8, 4) is 0 Å². The van der Waals surface area contributed by atoms with Crippen LogP contribution in [0.5, 0.6) is 0 Å². The smallest absolute Gasteiger partial charge is 0.308 e. The van der Waals surface area contributed by atoms with Crippen molar-refractivity contribution in [2.45, 2.75) is 98.5 Å². The van der Waals surface area contributed by atoms with Crippen LogP contribution in [0.25, 0.3) is 0 Å². The van der Waals surface area contributed by atoms with Gasteiger partial charge in [0, 0.05) is 18.3 Å². The van der Waals surface area contributed by atoms with Crippen LogP contribution in [0, 0.1) is 44.4 Å². The summed E-state index contributed by atoms with van der Waals surface area (Å²) in [5.74, 6) is 1.84. The van der Waals surface area contributed by atoms with E-state index in [1.807, 2.05) is 0 Å². The standard InChI is InChI=1S/C27H41NO3/c1-16(2)21-10-9-17(3)14-24(21)30-27-22(15-25(29)31-27)23-8-7-11-28(23)26-19(5)12-18(4)13-20(26)6/h12-13,16-17,21-24,27H,7-11,14-15H2,1-6H3/t17-,21+,22+,23+,24-,27-/m1/s1. The highest BCUT2D eigenvalue weighted by molar-refractivity contribution is 5.72. The van der Waals surface area contributed by atoms with Gasteiger partial charge in [0.25, 0.3) is 0 Å². The van der Waals surface area contributed by atoms with Crippen LogP contribution in [0.15, 0.2) is 12.1 Å². The number of carbonyl (C=O) groups excluding carboxylic acids is 1. The number of hydrogen-bond acceptors (Lipinski definition) is 4. The number of aryl methyl sites for hydroxylation is 3. The maximum atomic E-state index is 12.4. The number of nitrogens with zero attached hydrogens (tertiary/aromatic N) is 1. The average Bonchev–Trinajstić information content (AvgIpc) is 3.27. The van der Waals surface area contributed by atoms with Gasteiger partial charge in [-0.05, 0) is 75.3 Å². The Kier molecular flexibility index (Phi) is 6.67. The van der Waals surface area contributed by atoms with E-state index >= 15 is 0 Å². The summed E-state index contributed by atoms with van der Waals surface area (Å²) in [5.41, 5.74) is 5.31. The molecule has 0 radical (unpaired) electrons. The predicted octanol–water partition coefficient (Wildman–Crippen LogP) is 5.95. The van der Waals surface area contributed by atoms with E-state index in [0.29, 0.717) is 30.2 Å². The van der Waals surface area contributed by atoms with Crippen LogP contribution in [-0.4, -0.2) is 30.9 Å². The van der Waals surface area contributed by atoms with Crippen LogP contribution in [0.2, 0.25) is 0 Å². The molecule has 0 N–H and O–H groups in total. The fourth-order valence-electron chi connectivity index (χ4n) is 6.58. The number of anilines is 1. The first-order chi connectivity index (χ1) is 14.7. The highest BCUT2D eigenvalue weighted by Crippen LogP contribution is 2.42. The molecule has 1 saturated carbocycles. The van der Waals surface area contributed by atoms with Crippen molar-refractivity contribution >= 4 is 11.7 Å². The van der Waals surface area contributed by atoms with Crippen molar-refractivity contribution in [3.05, 3.63) is 28.8 Å². The Morgan fingerprint density at radius 3 is 2.48 bits per heavy atom. The number of ether oxygens (including phenoxy) is 2. The molecular weight excluding hydrogens is 386 g/mol. The topological polar surface area (TPSA) is 38.8 Å². The summed E-state index contributed by atoms with van der Waals surface area (Å²) in [6.45, 7) is 14.6. The third kappa shape index (κ3) is 4.65. The molecule has 3 fully saturated rings. The average molecular weight is 428 g/mol. The van der Waals surface area contributed by atoms with E-state index in [1.54, 1.807) is 0 Å². The Labute approximate surface area is 188 Å². The molecule has 0 aromatic heterocycles. The minimum absolute atomic E-state index is 0.0934. The highest BCUT2D eigenvalue weighted by Gasteiger charge is 2.47. The molecule has 2 saturated heterocycles. The third-order valence-corrected chi connectivity index (χ3v) is 7.99. The molecule has 1 aliphatic carbocycles. The van der Waals surface area contributed by atoms with E-state index in [-0.39, 0.29) is 18.0 Å². The minimum Gasteiger partial charge on any atom is -0.435 e. The lowest BCUT2D eigenvalue weighted by atomic mass is 9.75. The zero-order valence-electron chi connectivity index (χ0n) is 20.3. The van der Waals surface area contributed by atoms with Crippen molar-refractivity contribution in [3.63, 3.8) is 0 Å². The molecule has 2 heterocycles. The zero-order valence-corrected chi connectivity index (χ0v) is 20.3. The van der Waals surface area contributed by atoms with E-state index in [9.17, 15) is 4.79 Å². The van der Waals surface area contributed by atoms with E-state index in [0.717, 1.165) is 25.8 Å². The lowest BCUT2D eigenvalue weighted by Gasteiger charge is -2.40. The first-order valence-electron chi connectivity index (χ1n) is 12.4. The Morgan fingerprint density at radius 2 is 1.81 bits per heavy atom. The summed E-state index contributed by atoms with van der Waals surface area (Å²) in [7, 11) is 0. The number of carbonyl (C=O) groups is 1. The van der Waals surface area contributed by atoms with Crippen molar-refractivity contribution in [2.24, 2.45) is 23.7 Å². The van der Waals surface area contributed by atoms with Crippen molar-refractivity contribution in [1.29, 1.82) is 0 Å². The molecular formula is C27H41NO3. The molecule has 31 heavy (non-hydrogen) atoms. The maximum absolute atomic E-state index is 12.4. The molecule has 1 aromatic carbocycles. The van der Waals surface area contributed by atoms with Crippen LogP contribution in [-0.2, 0) is 14.3 Å². The molecule has 4 nitrogen and oxygen atoms in total. The molecule has 4 heteroatoms. The molecule has 2 aliphatic heterocycles. The van der Waals surface area contributed by atoms with Crippen LogP contribution >= 0.6 is 0 Å². The SMILES string of the molecule is Cc1cc(C)c(N2CCC[C@H]2[C@@H]2CC(=O)O[C@H]2O[C@@H]2C[C@H](C)CC[C@H]2C(C)C)c(C)c1. The molecule has 172 valence electrons. The summed E-state index contributed by atoms with van der Waals surface area (Å²) in [5, 5.41) is 0. The van der Waals surface area contributed by atoms with Gasteiger partial charge in [0.2, 0.25) is 6.29 Å². The van der Waals surface area contributed by atoms with Gasteiger partial charge in [0.1, 0.15) is 0 Å². The fourth-order valence-corrected chi connectivity index (χ4v) is 6.58. The van der Waals surface area contributed by atoms with Gasteiger partial charge >= 0.3 is 5.97 Å². The van der Waals surface area contributed by atoms with Gasteiger partial charge in [0.15, 0.2) is 0 Å². The summed E-state index contributed by atoms with van der Waals surface area (Å²) >= 11 is 0. The third-order valence-electron chi connectivity index (χ3n) is 7.99. The number of rotatable bonds is 5. The molecule has 0 bridgehead atoms. The molecule has 0 spiro atoms. The number of benzene rings is 1. The first kappa shape index (κ1) is 22.6. The summed E-state index contributed by atoms with van der Waals surface area (Å²) in [6.07, 6.45) is 6.09. The molecule has 1 aromatic rings. The highest BCUT2D eigenvalue weighted by atomic mass is 16.7. The van der Waals surface area contributed by atoms with Gasteiger partial charge in [-0.15, -0.1) is 0 Å². The molecule has 6 atom stereocenters. The van der Waals surface area contributed by atoms with Crippen LogP contribution in [0.3, 0.4) is 0 Å². The maximum Gasteiger partial charge on any atom is 0.308 e. The van der Waals surface area contributed by atoms with Crippen LogP contribution in [0.1, 0.15) is 76.0 Å².